The highest BCUT2D eigenvalue weighted by Crippen LogP contribution is 2.39. The van der Waals surface area contributed by atoms with Crippen LogP contribution in [0.4, 0.5) is 0 Å². The molecule has 1 fully saturated rings. The summed E-state index contributed by atoms with van der Waals surface area (Å²) >= 11 is 5.98. The first kappa shape index (κ1) is 10.6. The second kappa shape index (κ2) is 3.76. The van der Waals surface area contributed by atoms with Crippen LogP contribution in [-0.2, 0) is 12.0 Å². The zero-order valence-corrected chi connectivity index (χ0v) is 10.3. The Kier molecular flexibility index (Phi) is 2.50. The minimum Gasteiger partial charge on any atom is -0.449 e. The molecule has 0 saturated carbocycles. The molecule has 1 saturated heterocycles. The third-order valence-corrected chi connectivity index (χ3v) is 4.14. The molecule has 0 amide bonds. The highest BCUT2D eigenvalue weighted by atomic mass is 35.5. The number of hydrogen-bond acceptors (Lipinski definition) is 3. The fourth-order valence-corrected chi connectivity index (χ4v) is 3.15. The Balaban J connectivity index is 1.97. The Labute approximate surface area is 101 Å². The van der Waals surface area contributed by atoms with Gasteiger partial charge in [0.15, 0.2) is 5.22 Å². The van der Waals surface area contributed by atoms with Crippen molar-refractivity contribution < 1.29 is 4.42 Å². The fraction of sp³-hybridized carbons (Fsp3) is 0.667. The third-order valence-electron chi connectivity index (χ3n) is 3.95. The maximum atomic E-state index is 5.98. The molecule has 3 rings (SSSR count). The summed E-state index contributed by atoms with van der Waals surface area (Å²) < 4.78 is 5.57. The molecule has 3 heterocycles. The van der Waals surface area contributed by atoms with Gasteiger partial charge in [0.05, 0.1) is 0 Å². The highest BCUT2D eigenvalue weighted by Gasteiger charge is 2.40. The lowest BCUT2D eigenvalue weighted by molar-refractivity contribution is 0.147. The SMILES string of the molecule is CN1CCC2(CC1)NCCc1oc(Cl)cc12. The second-order valence-corrected chi connectivity index (χ2v) is 5.32. The summed E-state index contributed by atoms with van der Waals surface area (Å²) in [5.74, 6) is 1.09. The van der Waals surface area contributed by atoms with Gasteiger partial charge in [-0.25, -0.2) is 0 Å². The van der Waals surface area contributed by atoms with E-state index in [9.17, 15) is 0 Å². The topological polar surface area (TPSA) is 28.4 Å². The van der Waals surface area contributed by atoms with Gasteiger partial charge in [-0.05, 0) is 44.6 Å². The lowest BCUT2D eigenvalue weighted by Gasteiger charge is -2.43. The van der Waals surface area contributed by atoms with Crippen LogP contribution in [-0.4, -0.2) is 31.6 Å². The van der Waals surface area contributed by atoms with E-state index in [2.05, 4.69) is 17.3 Å². The van der Waals surface area contributed by atoms with Crippen LogP contribution in [0.25, 0.3) is 0 Å². The summed E-state index contributed by atoms with van der Waals surface area (Å²) in [5.41, 5.74) is 1.42. The number of halogens is 1. The van der Waals surface area contributed by atoms with E-state index in [1.165, 1.54) is 5.56 Å². The van der Waals surface area contributed by atoms with Crippen LogP contribution in [0, 0.1) is 0 Å². The van der Waals surface area contributed by atoms with Crippen LogP contribution >= 0.6 is 11.6 Å². The molecule has 1 N–H and O–H groups in total. The van der Waals surface area contributed by atoms with Crippen LogP contribution in [0.5, 0.6) is 0 Å². The lowest BCUT2D eigenvalue weighted by Crippen LogP contribution is -2.53. The molecule has 0 atom stereocenters. The third kappa shape index (κ3) is 1.58. The fourth-order valence-electron chi connectivity index (χ4n) is 2.94. The van der Waals surface area contributed by atoms with Crippen LogP contribution in [0.3, 0.4) is 0 Å². The Hall–Kier alpha value is -0.510. The zero-order chi connectivity index (χ0) is 11.2. The van der Waals surface area contributed by atoms with Crippen molar-refractivity contribution in [2.45, 2.75) is 24.8 Å². The molecule has 2 aliphatic rings. The lowest BCUT2D eigenvalue weighted by atomic mass is 9.78. The number of piperidine rings is 1. The minimum absolute atomic E-state index is 0.122. The second-order valence-electron chi connectivity index (χ2n) is 4.95. The summed E-state index contributed by atoms with van der Waals surface area (Å²) in [6.45, 7) is 3.27. The van der Waals surface area contributed by atoms with Gasteiger partial charge in [-0.2, -0.15) is 0 Å². The number of likely N-dealkylation sites (tertiary alicyclic amines) is 1. The van der Waals surface area contributed by atoms with Crippen molar-refractivity contribution in [3.05, 3.63) is 22.6 Å². The van der Waals surface area contributed by atoms with Gasteiger partial charge in [0, 0.05) is 30.1 Å². The van der Waals surface area contributed by atoms with E-state index in [0.29, 0.717) is 5.22 Å². The summed E-state index contributed by atoms with van der Waals surface area (Å²) in [6.07, 6.45) is 3.25. The van der Waals surface area contributed by atoms with Gasteiger partial charge in [0.2, 0.25) is 0 Å². The molecule has 2 aliphatic heterocycles. The van der Waals surface area contributed by atoms with E-state index in [1.807, 2.05) is 6.07 Å². The summed E-state index contributed by atoms with van der Waals surface area (Å²) in [4.78, 5) is 2.38. The van der Waals surface area contributed by atoms with Gasteiger partial charge >= 0.3 is 0 Å². The first-order valence-electron chi connectivity index (χ1n) is 5.92. The molecule has 0 aromatic carbocycles. The Morgan fingerprint density at radius 1 is 1.44 bits per heavy atom. The van der Waals surface area contributed by atoms with Crippen molar-refractivity contribution >= 4 is 11.6 Å². The molecular weight excluding hydrogens is 224 g/mol. The quantitative estimate of drug-likeness (QED) is 0.752. The average Bonchev–Trinajstić information content (AvgIpc) is 2.65. The van der Waals surface area contributed by atoms with E-state index in [4.69, 9.17) is 16.0 Å². The van der Waals surface area contributed by atoms with Gasteiger partial charge < -0.3 is 14.6 Å². The van der Waals surface area contributed by atoms with Crippen molar-refractivity contribution in [2.24, 2.45) is 0 Å². The Morgan fingerprint density at radius 3 is 2.94 bits per heavy atom. The number of fused-ring (bicyclic) bond motifs is 2. The van der Waals surface area contributed by atoms with Gasteiger partial charge in [-0.1, -0.05) is 0 Å². The number of nitrogens with one attached hydrogen (secondary N) is 1. The molecular formula is C12H17ClN2O. The van der Waals surface area contributed by atoms with Crippen LogP contribution in [0.15, 0.2) is 10.5 Å². The van der Waals surface area contributed by atoms with Crippen molar-refractivity contribution in [3.8, 4) is 0 Å². The van der Waals surface area contributed by atoms with Crippen molar-refractivity contribution in [3.63, 3.8) is 0 Å². The van der Waals surface area contributed by atoms with Gasteiger partial charge in [-0.15, -0.1) is 0 Å². The molecule has 0 unspecified atom stereocenters. The predicted molar refractivity (Wildman–Crippen MR) is 63.8 cm³/mol. The van der Waals surface area contributed by atoms with E-state index in [1.54, 1.807) is 0 Å². The highest BCUT2D eigenvalue weighted by molar-refractivity contribution is 6.29. The Morgan fingerprint density at radius 2 is 2.19 bits per heavy atom. The van der Waals surface area contributed by atoms with E-state index >= 15 is 0 Å². The molecule has 4 heteroatoms. The number of nitrogens with zero attached hydrogens (tertiary/aromatic N) is 1. The maximum Gasteiger partial charge on any atom is 0.193 e. The van der Waals surface area contributed by atoms with E-state index in [-0.39, 0.29) is 5.54 Å². The molecule has 0 bridgehead atoms. The monoisotopic (exact) mass is 240 g/mol. The first-order chi connectivity index (χ1) is 7.70. The number of hydrogen-bond donors (Lipinski definition) is 1. The maximum absolute atomic E-state index is 5.98. The number of rotatable bonds is 0. The van der Waals surface area contributed by atoms with E-state index < -0.39 is 0 Å². The first-order valence-corrected chi connectivity index (χ1v) is 6.30. The molecule has 1 aromatic heterocycles. The molecule has 1 aromatic rings. The molecule has 0 radical (unpaired) electrons. The van der Waals surface area contributed by atoms with Crippen molar-refractivity contribution in [1.82, 2.24) is 10.2 Å². The molecule has 0 aliphatic carbocycles. The molecule has 3 nitrogen and oxygen atoms in total. The van der Waals surface area contributed by atoms with Crippen LogP contribution in [0.2, 0.25) is 5.22 Å². The molecule has 88 valence electrons. The standard InChI is InChI=1S/C12H17ClN2O/c1-15-6-3-12(4-7-15)9-8-11(13)16-10(9)2-5-14-12/h8,14H,2-7H2,1H3. The molecule has 16 heavy (non-hydrogen) atoms. The average molecular weight is 241 g/mol. The van der Waals surface area contributed by atoms with Gasteiger partial charge in [0.1, 0.15) is 5.76 Å². The zero-order valence-electron chi connectivity index (χ0n) is 9.55. The predicted octanol–water partition coefficient (Wildman–Crippen LogP) is 2.00. The molecule has 1 spiro atoms. The number of furan rings is 1. The van der Waals surface area contributed by atoms with Crippen molar-refractivity contribution in [2.75, 3.05) is 26.7 Å². The minimum atomic E-state index is 0.122. The summed E-state index contributed by atoms with van der Waals surface area (Å²) in [7, 11) is 2.18. The van der Waals surface area contributed by atoms with Crippen molar-refractivity contribution in [1.29, 1.82) is 0 Å². The van der Waals surface area contributed by atoms with Gasteiger partial charge in [0.25, 0.3) is 0 Å². The van der Waals surface area contributed by atoms with E-state index in [0.717, 1.165) is 44.7 Å². The summed E-state index contributed by atoms with van der Waals surface area (Å²) in [6, 6.07) is 2.01. The normalized spacial score (nSPS) is 24.6. The Bertz CT molecular complexity index is 394. The van der Waals surface area contributed by atoms with Gasteiger partial charge in [-0.3, -0.25) is 0 Å². The summed E-state index contributed by atoms with van der Waals surface area (Å²) in [5, 5.41) is 4.21. The van der Waals surface area contributed by atoms with Crippen LogP contribution in [0.1, 0.15) is 24.2 Å². The van der Waals surface area contributed by atoms with Crippen LogP contribution < -0.4 is 5.32 Å². The largest absolute Gasteiger partial charge is 0.449 e. The smallest absolute Gasteiger partial charge is 0.193 e.